The van der Waals surface area contributed by atoms with Gasteiger partial charge in [-0.3, -0.25) is 4.79 Å². The van der Waals surface area contributed by atoms with Crippen LogP contribution in [-0.4, -0.2) is 74.6 Å². The van der Waals surface area contributed by atoms with Crippen molar-refractivity contribution >= 4 is 22.0 Å². The SMILES string of the molecule is COc1ccc(S(=O)(=O)N2CCCN(C(=O)NCCCC(=O)O)CC2)cc1. The van der Waals surface area contributed by atoms with Gasteiger partial charge in [0.1, 0.15) is 5.75 Å². The van der Waals surface area contributed by atoms with Crippen LogP contribution in [-0.2, 0) is 14.8 Å². The van der Waals surface area contributed by atoms with Crippen LogP contribution in [0.4, 0.5) is 4.79 Å². The molecule has 27 heavy (non-hydrogen) atoms. The van der Waals surface area contributed by atoms with Crippen molar-refractivity contribution in [2.45, 2.75) is 24.2 Å². The first-order valence-electron chi connectivity index (χ1n) is 8.73. The molecule has 0 unspecified atom stereocenters. The van der Waals surface area contributed by atoms with Gasteiger partial charge in [-0.2, -0.15) is 4.31 Å². The Balaban J connectivity index is 1.92. The molecule has 1 aliphatic heterocycles. The van der Waals surface area contributed by atoms with Crippen molar-refractivity contribution in [3.05, 3.63) is 24.3 Å². The quantitative estimate of drug-likeness (QED) is 0.660. The molecule has 1 fully saturated rings. The number of ether oxygens (including phenoxy) is 1. The van der Waals surface area contributed by atoms with E-state index in [2.05, 4.69) is 5.32 Å². The summed E-state index contributed by atoms with van der Waals surface area (Å²) in [5, 5.41) is 11.3. The summed E-state index contributed by atoms with van der Waals surface area (Å²) in [5.74, 6) is -0.325. The maximum Gasteiger partial charge on any atom is 0.317 e. The molecule has 1 aromatic rings. The Morgan fingerprint density at radius 1 is 1.15 bits per heavy atom. The van der Waals surface area contributed by atoms with E-state index in [4.69, 9.17) is 9.84 Å². The lowest BCUT2D eigenvalue weighted by Gasteiger charge is -2.22. The number of nitrogens with zero attached hydrogens (tertiary/aromatic N) is 2. The molecule has 1 heterocycles. The number of amides is 2. The second-order valence-corrected chi connectivity index (χ2v) is 8.09. The van der Waals surface area contributed by atoms with Crippen LogP contribution in [0.5, 0.6) is 5.75 Å². The lowest BCUT2D eigenvalue weighted by Crippen LogP contribution is -2.43. The van der Waals surface area contributed by atoms with Crippen molar-refractivity contribution in [1.29, 1.82) is 0 Å². The van der Waals surface area contributed by atoms with Gasteiger partial charge in [0.25, 0.3) is 0 Å². The molecule has 150 valence electrons. The number of benzene rings is 1. The number of sulfonamides is 1. The minimum Gasteiger partial charge on any atom is -0.497 e. The first kappa shape index (κ1) is 21.0. The molecule has 1 aliphatic rings. The van der Waals surface area contributed by atoms with Crippen molar-refractivity contribution in [1.82, 2.24) is 14.5 Å². The number of carboxylic acids is 1. The van der Waals surface area contributed by atoms with Crippen molar-refractivity contribution in [3.63, 3.8) is 0 Å². The Kier molecular flexibility index (Phi) is 7.43. The monoisotopic (exact) mass is 399 g/mol. The summed E-state index contributed by atoms with van der Waals surface area (Å²) in [5.41, 5.74) is 0. The minimum atomic E-state index is -3.64. The molecule has 0 aliphatic carbocycles. The van der Waals surface area contributed by atoms with Gasteiger partial charge in [-0.1, -0.05) is 0 Å². The van der Waals surface area contributed by atoms with E-state index in [1.165, 1.54) is 23.5 Å². The third-order valence-electron chi connectivity index (χ3n) is 4.28. The number of hydrogen-bond acceptors (Lipinski definition) is 5. The summed E-state index contributed by atoms with van der Waals surface area (Å²) in [6.45, 7) is 1.53. The highest BCUT2D eigenvalue weighted by molar-refractivity contribution is 7.89. The molecule has 0 bridgehead atoms. The fraction of sp³-hybridized carbons (Fsp3) is 0.529. The van der Waals surface area contributed by atoms with Crippen LogP contribution in [0, 0.1) is 0 Å². The van der Waals surface area contributed by atoms with Gasteiger partial charge in [0.2, 0.25) is 10.0 Å². The summed E-state index contributed by atoms with van der Waals surface area (Å²) < 4.78 is 32.0. The zero-order valence-corrected chi connectivity index (χ0v) is 16.1. The van der Waals surface area contributed by atoms with Crippen LogP contribution in [0.2, 0.25) is 0 Å². The van der Waals surface area contributed by atoms with Crippen LogP contribution in [0.15, 0.2) is 29.2 Å². The molecule has 0 aromatic heterocycles. The minimum absolute atomic E-state index is 0.00579. The van der Waals surface area contributed by atoms with E-state index in [9.17, 15) is 18.0 Å². The molecule has 2 rings (SSSR count). The number of carbonyl (C=O) groups excluding carboxylic acids is 1. The normalized spacial score (nSPS) is 15.8. The van der Waals surface area contributed by atoms with Crippen molar-refractivity contribution < 1.29 is 27.9 Å². The zero-order valence-electron chi connectivity index (χ0n) is 15.3. The van der Waals surface area contributed by atoms with Crippen molar-refractivity contribution in [3.8, 4) is 5.75 Å². The highest BCUT2D eigenvalue weighted by Gasteiger charge is 2.28. The van der Waals surface area contributed by atoms with Gasteiger partial charge in [-0.05, 0) is 37.1 Å². The molecule has 0 radical (unpaired) electrons. The van der Waals surface area contributed by atoms with Gasteiger partial charge >= 0.3 is 12.0 Å². The number of aliphatic carboxylic acids is 1. The van der Waals surface area contributed by atoms with E-state index >= 15 is 0 Å². The van der Waals surface area contributed by atoms with Gasteiger partial charge < -0.3 is 20.1 Å². The van der Waals surface area contributed by atoms with Crippen LogP contribution in [0.1, 0.15) is 19.3 Å². The molecular formula is C17H25N3O6S. The molecular weight excluding hydrogens is 374 g/mol. The number of urea groups is 1. The lowest BCUT2D eigenvalue weighted by molar-refractivity contribution is -0.137. The second kappa shape index (κ2) is 9.56. The number of methoxy groups -OCH3 is 1. The summed E-state index contributed by atoms with van der Waals surface area (Å²) >= 11 is 0. The van der Waals surface area contributed by atoms with E-state index in [0.29, 0.717) is 31.7 Å². The second-order valence-electron chi connectivity index (χ2n) is 6.15. The Morgan fingerprint density at radius 3 is 2.48 bits per heavy atom. The molecule has 2 amide bonds. The highest BCUT2D eigenvalue weighted by atomic mass is 32.2. The number of rotatable bonds is 7. The molecule has 0 saturated carbocycles. The maximum atomic E-state index is 12.8. The largest absolute Gasteiger partial charge is 0.497 e. The number of carboxylic acid groups (broad SMARTS) is 1. The number of nitrogens with one attached hydrogen (secondary N) is 1. The Bertz CT molecular complexity index is 750. The molecule has 9 nitrogen and oxygen atoms in total. The van der Waals surface area contributed by atoms with Gasteiger partial charge in [0.05, 0.1) is 12.0 Å². The van der Waals surface area contributed by atoms with E-state index in [-0.39, 0.29) is 37.0 Å². The van der Waals surface area contributed by atoms with Crippen molar-refractivity contribution in [2.75, 3.05) is 39.8 Å². The van der Waals surface area contributed by atoms with Crippen LogP contribution >= 0.6 is 0 Å². The Hall–Kier alpha value is -2.33. The van der Waals surface area contributed by atoms with E-state index in [1.54, 1.807) is 17.0 Å². The summed E-state index contributed by atoms with van der Waals surface area (Å²) in [7, 11) is -2.12. The molecule has 10 heteroatoms. The standard InChI is InChI=1S/C17H25N3O6S/c1-26-14-5-7-15(8-6-14)27(24,25)20-11-3-10-19(12-13-20)17(23)18-9-2-4-16(21)22/h5-8H,2-4,9-13H2,1H3,(H,18,23)(H,21,22). The zero-order chi connectivity index (χ0) is 19.9. The Morgan fingerprint density at radius 2 is 1.85 bits per heavy atom. The average Bonchev–Trinajstić information content (AvgIpc) is 2.92. The van der Waals surface area contributed by atoms with E-state index in [0.717, 1.165) is 0 Å². The third-order valence-corrected chi connectivity index (χ3v) is 6.20. The van der Waals surface area contributed by atoms with E-state index < -0.39 is 16.0 Å². The predicted molar refractivity (Wildman–Crippen MR) is 98.2 cm³/mol. The van der Waals surface area contributed by atoms with Crippen LogP contribution in [0.25, 0.3) is 0 Å². The smallest absolute Gasteiger partial charge is 0.317 e. The third kappa shape index (κ3) is 5.83. The number of hydrogen-bond donors (Lipinski definition) is 2. The van der Waals surface area contributed by atoms with Gasteiger partial charge in [0, 0.05) is 39.1 Å². The van der Waals surface area contributed by atoms with Crippen LogP contribution in [0.3, 0.4) is 0 Å². The van der Waals surface area contributed by atoms with E-state index in [1.807, 2.05) is 0 Å². The molecule has 1 saturated heterocycles. The topological polar surface area (TPSA) is 116 Å². The van der Waals surface area contributed by atoms with Gasteiger partial charge in [0.15, 0.2) is 0 Å². The first-order valence-corrected chi connectivity index (χ1v) is 10.2. The predicted octanol–water partition coefficient (Wildman–Crippen LogP) is 0.966. The summed E-state index contributed by atoms with van der Waals surface area (Å²) in [4.78, 5) is 24.4. The summed E-state index contributed by atoms with van der Waals surface area (Å²) in [6, 6.07) is 5.91. The van der Waals surface area contributed by atoms with Crippen molar-refractivity contribution in [2.24, 2.45) is 0 Å². The molecule has 0 atom stereocenters. The molecule has 0 spiro atoms. The fourth-order valence-corrected chi connectivity index (χ4v) is 4.25. The van der Waals surface area contributed by atoms with Gasteiger partial charge in [-0.25, -0.2) is 13.2 Å². The van der Waals surface area contributed by atoms with Gasteiger partial charge in [-0.15, -0.1) is 0 Å². The van der Waals surface area contributed by atoms with Crippen LogP contribution < -0.4 is 10.1 Å². The average molecular weight is 399 g/mol. The number of carbonyl (C=O) groups is 2. The first-order chi connectivity index (χ1) is 12.8. The lowest BCUT2D eigenvalue weighted by atomic mass is 10.3. The Labute approximate surface area is 159 Å². The molecule has 2 N–H and O–H groups in total. The fourth-order valence-electron chi connectivity index (χ4n) is 2.78. The molecule has 1 aromatic carbocycles. The highest BCUT2D eigenvalue weighted by Crippen LogP contribution is 2.20. The maximum absolute atomic E-state index is 12.8. The summed E-state index contributed by atoms with van der Waals surface area (Å²) in [6.07, 6.45) is 0.874.